The molecule has 0 aromatic rings. The summed E-state index contributed by atoms with van der Waals surface area (Å²) >= 11 is 0. The maximum atomic E-state index is 11.1. The van der Waals surface area contributed by atoms with Crippen LogP contribution in [-0.4, -0.2) is 47.2 Å². The lowest BCUT2D eigenvalue weighted by Gasteiger charge is -2.12. The van der Waals surface area contributed by atoms with Crippen LogP contribution in [-0.2, 0) is 14.4 Å². The van der Waals surface area contributed by atoms with E-state index in [0.29, 0.717) is 6.54 Å². The Balaban J connectivity index is 4.10. The van der Waals surface area contributed by atoms with Gasteiger partial charge < -0.3 is 20.8 Å². The number of nitrogens with one attached hydrogen (secondary N) is 2. The summed E-state index contributed by atoms with van der Waals surface area (Å²) in [5, 5.41) is 21.8. The first kappa shape index (κ1) is 13.4. The second-order valence-electron chi connectivity index (χ2n) is 2.84. The Kier molecular flexibility index (Phi) is 6.03. The Morgan fingerprint density at radius 2 is 1.87 bits per heavy atom. The minimum atomic E-state index is -1.38. The third-order valence-electron chi connectivity index (χ3n) is 1.55. The molecule has 7 heteroatoms. The van der Waals surface area contributed by atoms with Gasteiger partial charge in [0.25, 0.3) is 0 Å². The number of carboxylic acids is 2. The third-order valence-corrected chi connectivity index (χ3v) is 1.55. The zero-order valence-corrected chi connectivity index (χ0v) is 8.32. The van der Waals surface area contributed by atoms with E-state index in [-0.39, 0.29) is 6.54 Å². The van der Waals surface area contributed by atoms with Gasteiger partial charge in [-0.3, -0.25) is 9.59 Å². The standard InChI is InChI=1S/C8H14N2O5/c1-2-9-4-6(11)10-5(8(14)15)3-7(12)13/h5,9H,2-4H2,1H3,(H,10,11)(H,12,13)(H,14,15). The fraction of sp³-hybridized carbons (Fsp3) is 0.625. The van der Waals surface area contributed by atoms with Crippen LogP contribution in [0.1, 0.15) is 13.3 Å². The summed E-state index contributed by atoms with van der Waals surface area (Å²) in [6.07, 6.45) is -0.632. The van der Waals surface area contributed by atoms with E-state index in [2.05, 4.69) is 10.6 Å². The van der Waals surface area contributed by atoms with Crippen LogP contribution in [0.15, 0.2) is 0 Å². The fourth-order valence-corrected chi connectivity index (χ4v) is 0.859. The predicted octanol–water partition coefficient (Wildman–Crippen LogP) is -1.36. The SMILES string of the molecule is CCNCC(=O)NC(CC(=O)O)C(=O)O. The summed E-state index contributed by atoms with van der Waals surface area (Å²) in [6, 6.07) is -1.38. The number of amides is 1. The molecule has 0 spiro atoms. The molecule has 0 saturated carbocycles. The molecule has 15 heavy (non-hydrogen) atoms. The van der Waals surface area contributed by atoms with Crippen molar-refractivity contribution >= 4 is 17.8 Å². The zero-order valence-electron chi connectivity index (χ0n) is 8.32. The van der Waals surface area contributed by atoms with Crippen LogP contribution < -0.4 is 10.6 Å². The van der Waals surface area contributed by atoms with Crippen molar-refractivity contribution in [2.24, 2.45) is 0 Å². The Hall–Kier alpha value is -1.63. The number of rotatable bonds is 7. The Bertz CT molecular complexity index is 253. The van der Waals surface area contributed by atoms with Crippen LogP contribution in [0, 0.1) is 0 Å². The van der Waals surface area contributed by atoms with Gasteiger partial charge in [-0.15, -0.1) is 0 Å². The van der Waals surface area contributed by atoms with E-state index in [1.807, 2.05) is 0 Å². The molecule has 7 nitrogen and oxygen atoms in total. The highest BCUT2D eigenvalue weighted by molar-refractivity contribution is 5.87. The number of hydrogen-bond donors (Lipinski definition) is 4. The Morgan fingerprint density at radius 1 is 1.27 bits per heavy atom. The van der Waals surface area contributed by atoms with E-state index >= 15 is 0 Å². The normalized spacial score (nSPS) is 11.8. The molecule has 0 rings (SSSR count). The van der Waals surface area contributed by atoms with Gasteiger partial charge in [0.15, 0.2) is 0 Å². The molecular formula is C8H14N2O5. The van der Waals surface area contributed by atoms with Crippen LogP contribution in [0.3, 0.4) is 0 Å². The molecule has 4 N–H and O–H groups in total. The molecule has 0 aromatic heterocycles. The number of hydrogen-bond acceptors (Lipinski definition) is 4. The lowest BCUT2D eigenvalue weighted by Crippen LogP contribution is -2.45. The van der Waals surface area contributed by atoms with Gasteiger partial charge in [-0.2, -0.15) is 0 Å². The minimum Gasteiger partial charge on any atom is -0.481 e. The molecule has 0 heterocycles. The lowest BCUT2D eigenvalue weighted by atomic mass is 10.2. The van der Waals surface area contributed by atoms with E-state index in [9.17, 15) is 14.4 Å². The second kappa shape index (κ2) is 6.77. The molecule has 0 bridgehead atoms. The average molecular weight is 218 g/mol. The van der Waals surface area contributed by atoms with Gasteiger partial charge in [0.1, 0.15) is 6.04 Å². The van der Waals surface area contributed by atoms with Gasteiger partial charge in [-0.1, -0.05) is 6.92 Å². The van der Waals surface area contributed by atoms with Crippen molar-refractivity contribution in [3.05, 3.63) is 0 Å². The summed E-state index contributed by atoms with van der Waals surface area (Å²) in [5.74, 6) is -3.17. The van der Waals surface area contributed by atoms with Crippen molar-refractivity contribution in [2.45, 2.75) is 19.4 Å². The number of carboxylic acid groups (broad SMARTS) is 2. The lowest BCUT2D eigenvalue weighted by molar-refractivity contribution is -0.147. The Morgan fingerprint density at radius 3 is 2.27 bits per heavy atom. The number of aliphatic carboxylic acids is 2. The van der Waals surface area contributed by atoms with Crippen LogP contribution >= 0.6 is 0 Å². The van der Waals surface area contributed by atoms with Crippen molar-refractivity contribution in [1.82, 2.24) is 10.6 Å². The number of carbonyl (C=O) groups is 3. The van der Waals surface area contributed by atoms with Crippen molar-refractivity contribution in [3.8, 4) is 0 Å². The van der Waals surface area contributed by atoms with Gasteiger partial charge in [0.2, 0.25) is 5.91 Å². The fourth-order valence-electron chi connectivity index (χ4n) is 0.859. The molecule has 0 fully saturated rings. The number of likely N-dealkylation sites (N-methyl/N-ethyl adjacent to an activating group) is 1. The highest BCUT2D eigenvalue weighted by Gasteiger charge is 2.22. The molecule has 1 amide bonds. The summed E-state index contributed by atoms with van der Waals surface area (Å²) < 4.78 is 0. The van der Waals surface area contributed by atoms with Crippen LogP contribution in [0.4, 0.5) is 0 Å². The maximum absolute atomic E-state index is 11.1. The molecule has 0 aliphatic carbocycles. The maximum Gasteiger partial charge on any atom is 0.326 e. The van der Waals surface area contributed by atoms with Crippen LogP contribution in [0.5, 0.6) is 0 Å². The van der Waals surface area contributed by atoms with Crippen LogP contribution in [0.25, 0.3) is 0 Å². The van der Waals surface area contributed by atoms with E-state index < -0.39 is 30.3 Å². The largest absolute Gasteiger partial charge is 0.481 e. The van der Waals surface area contributed by atoms with E-state index in [4.69, 9.17) is 10.2 Å². The zero-order chi connectivity index (χ0) is 11.8. The first-order chi connectivity index (χ1) is 6.97. The molecule has 86 valence electrons. The predicted molar refractivity (Wildman–Crippen MR) is 50.4 cm³/mol. The molecule has 0 aromatic carbocycles. The smallest absolute Gasteiger partial charge is 0.326 e. The van der Waals surface area contributed by atoms with Crippen molar-refractivity contribution < 1.29 is 24.6 Å². The number of carbonyl (C=O) groups excluding carboxylic acids is 1. The van der Waals surface area contributed by atoms with Gasteiger partial charge in [0, 0.05) is 0 Å². The quantitative estimate of drug-likeness (QED) is 0.419. The van der Waals surface area contributed by atoms with Crippen molar-refractivity contribution in [2.75, 3.05) is 13.1 Å². The molecule has 0 aliphatic heterocycles. The average Bonchev–Trinajstić information content (AvgIpc) is 2.12. The first-order valence-electron chi connectivity index (χ1n) is 4.42. The summed E-state index contributed by atoms with van der Waals surface area (Å²) in [5.41, 5.74) is 0. The molecule has 0 radical (unpaired) electrons. The molecule has 1 atom stereocenters. The third kappa shape index (κ3) is 6.44. The molecule has 1 unspecified atom stereocenters. The van der Waals surface area contributed by atoms with Crippen molar-refractivity contribution in [3.63, 3.8) is 0 Å². The van der Waals surface area contributed by atoms with E-state index in [1.54, 1.807) is 6.92 Å². The minimum absolute atomic E-state index is 0.0279. The molecular weight excluding hydrogens is 204 g/mol. The van der Waals surface area contributed by atoms with E-state index in [1.165, 1.54) is 0 Å². The second-order valence-corrected chi connectivity index (χ2v) is 2.84. The van der Waals surface area contributed by atoms with Gasteiger partial charge in [0.05, 0.1) is 13.0 Å². The summed E-state index contributed by atoms with van der Waals surface area (Å²) in [6.45, 7) is 2.34. The van der Waals surface area contributed by atoms with Crippen LogP contribution in [0.2, 0.25) is 0 Å². The summed E-state index contributed by atoms with van der Waals surface area (Å²) in [4.78, 5) is 31.9. The highest BCUT2D eigenvalue weighted by atomic mass is 16.4. The van der Waals surface area contributed by atoms with Gasteiger partial charge >= 0.3 is 11.9 Å². The van der Waals surface area contributed by atoms with Gasteiger partial charge in [-0.05, 0) is 6.54 Å². The van der Waals surface area contributed by atoms with E-state index in [0.717, 1.165) is 0 Å². The summed E-state index contributed by atoms with van der Waals surface area (Å²) in [7, 11) is 0. The molecule has 0 aliphatic rings. The Labute approximate surface area is 86.5 Å². The van der Waals surface area contributed by atoms with Crippen molar-refractivity contribution in [1.29, 1.82) is 0 Å². The van der Waals surface area contributed by atoms with Gasteiger partial charge in [-0.25, -0.2) is 4.79 Å². The highest BCUT2D eigenvalue weighted by Crippen LogP contribution is 1.92. The molecule has 0 saturated heterocycles. The topological polar surface area (TPSA) is 116 Å². The first-order valence-corrected chi connectivity index (χ1v) is 4.42. The monoisotopic (exact) mass is 218 g/mol.